The number of hydrogen-bond donors (Lipinski definition) is 1. The van der Waals surface area contributed by atoms with Gasteiger partial charge in [0.15, 0.2) is 0 Å². The first kappa shape index (κ1) is 20.7. The predicted molar refractivity (Wildman–Crippen MR) is 87.7 cm³/mol. The van der Waals surface area contributed by atoms with Crippen LogP contribution in [-0.4, -0.2) is 31.8 Å². The molecule has 0 aromatic heterocycles. The third kappa shape index (κ3) is 11.4. The van der Waals surface area contributed by atoms with E-state index in [2.05, 4.69) is 17.0 Å². The summed E-state index contributed by atoms with van der Waals surface area (Å²) in [5.41, 5.74) is 0. The van der Waals surface area contributed by atoms with Crippen LogP contribution in [0.3, 0.4) is 0 Å². The van der Waals surface area contributed by atoms with Crippen LogP contribution in [0.15, 0.2) is 0 Å². The molecule has 1 amide bonds. The van der Waals surface area contributed by atoms with E-state index in [1.807, 2.05) is 13.8 Å². The van der Waals surface area contributed by atoms with Gasteiger partial charge in [0.25, 0.3) is 0 Å². The number of methoxy groups -OCH3 is 1. The first-order chi connectivity index (χ1) is 10.5. The number of esters is 1. The molecule has 1 unspecified atom stereocenters. The van der Waals surface area contributed by atoms with E-state index in [-0.39, 0.29) is 11.9 Å². The monoisotopic (exact) mass is 315 g/mol. The van der Waals surface area contributed by atoms with Crippen molar-refractivity contribution in [2.24, 2.45) is 5.92 Å². The number of hydrogen-bond acceptors (Lipinski definition) is 4. The lowest BCUT2D eigenvalue weighted by atomic mass is 10.0. The molecule has 0 aromatic rings. The maximum atomic E-state index is 12.0. The number of unbranched alkanes of at least 4 members (excludes halogenated alkanes) is 6. The Bertz CT molecular complexity index is 305. The number of alkyl carbamates (subject to hydrolysis) is 1. The summed E-state index contributed by atoms with van der Waals surface area (Å²) >= 11 is 0. The molecule has 0 saturated heterocycles. The fraction of sp³-hybridized carbons (Fsp3) is 0.882. The van der Waals surface area contributed by atoms with Gasteiger partial charge in [0.05, 0.1) is 13.7 Å². The molecule has 0 bridgehead atoms. The van der Waals surface area contributed by atoms with Gasteiger partial charge in [-0.2, -0.15) is 0 Å². The Morgan fingerprint density at radius 2 is 1.59 bits per heavy atom. The van der Waals surface area contributed by atoms with Gasteiger partial charge in [-0.1, -0.05) is 59.3 Å². The lowest BCUT2D eigenvalue weighted by molar-refractivity contribution is -0.146. The molecule has 5 heteroatoms. The maximum absolute atomic E-state index is 12.0. The first-order valence-electron chi connectivity index (χ1n) is 8.52. The molecule has 0 aliphatic rings. The molecule has 130 valence electrons. The van der Waals surface area contributed by atoms with E-state index in [0.717, 1.165) is 12.8 Å². The number of carbonyl (C=O) groups is 2. The second-order valence-corrected chi connectivity index (χ2v) is 6.11. The van der Waals surface area contributed by atoms with Crippen LogP contribution in [0.1, 0.15) is 72.1 Å². The average molecular weight is 315 g/mol. The standard InChI is InChI=1S/C17H33NO4/c1-5-6-7-8-9-10-11-12-22-16(19)15(13-14(2)3)18-17(20)21-4/h14-15H,5-13H2,1-4H3,(H,18,20). The molecular weight excluding hydrogens is 282 g/mol. The van der Waals surface area contributed by atoms with Gasteiger partial charge in [-0.3, -0.25) is 0 Å². The Hall–Kier alpha value is -1.26. The summed E-state index contributed by atoms with van der Waals surface area (Å²) in [6, 6.07) is -0.628. The summed E-state index contributed by atoms with van der Waals surface area (Å²) in [5, 5.41) is 2.54. The normalized spacial score (nSPS) is 12.0. The predicted octanol–water partition coefficient (Wildman–Crippen LogP) is 4.05. The van der Waals surface area contributed by atoms with Crippen LogP contribution in [0, 0.1) is 5.92 Å². The second kappa shape index (κ2) is 13.4. The van der Waals surface area contributed by atoms with Crippen LogP contribution in [0.2, 0.25) is 0 Å². The minimum Gasteiger partial charge on any atom is -0.464 e. The average Bonchev–Trinajstić information content (AvgIpc) is 2.48. The van der Waals surface area contributed by atoms with E-state index in [1.165, 1.54) is 39.2 Å². The van der Waals surface area contributed by atoms with Crippen LogP contribution in [0.4, 0.5) is 4.79 Å². The van der Waals surface area contributed by atoms with E-state index in [4.69, 9.17) is 4.74 Å². The molecule has 0 heterocycles. The van der Waals surface area contributed by atoms with Crippen LogP contribution >= 0.6 is 0 Å². The quantitative estimate of drug-likeness (QED) is 0.436. The number of carbonyl (C=O) groups excluding carboxylic acids is 2. The van der Waals surface area contributed by atoms with Gasteiger partial charge in [0, 0.05) is 0 Å². The Kier molecular flexibility index (Phi) is 12.6. The van der Waals surface area contributed by atoms with Crippen LogP contribution in [0.5, 0.6) is 0 Å². The molecule has 1 atom stereocenters. The summed E-state index contributed by atoms with van der Waals surface area (Å²) in [6.45, 7) is 6.62. The van der Waals surface area contributed by atoms with Crippen LogP contribution in [-0.2, 0) is 14.3 Å². The number of ether oxygens (including phenoxy) is 2. The molecule has 0 aliphatic heterocycles. The molecule has 5 nitrogen and oxygen atoms in total. The topological polar surface area (TPSA) is 64.6 Å². The van der Waals surface area contributed by atoms with Crippen molar-refractivity contribution in [2.75, 3.05) is 13.7 Å². The van der Waals surface area contributed by atoms with Gasteiger partial charge in [0.2, 0.25) is 0 Å². The molecule has 22 heavy (non-hydrogen) atoms. The lowest BCUT2D eigenvalue weighted by Crippen LogP contribution is -2.42. The highest BCUT2D eigenvalue weighted by Gasteiger charge is 2.23. The van der Waals surface area contributed by atoms with Crippen molar-refractivity contribution in [1.82, 2.24) is 5.32 Å². The van der Waals surface area contributed by atoms with Crippen molar-refractivity contribution in [3.05, 3.63) is 0 Å². The Morgan fingerprint density at radius 1 is 1.00 bits per heavy atom. The molecule has 0 rings (SSSR count). The third-order valence-electron chi connectivity index (χ3n) is 3.46. The van der Waals surface area contributed by atoms with Gasteiger partial charge in [0.1, 0.15) is 6.04 Å². The Labute approximate surface area is 135 Å². The summed E-state index contributed by atoms with van der Waals surface area (Å²) in [6.07, 6.45) is 8.18. The fourth-order valence-electron chi connectivity index (χ4n) is 2.22. The molecule has 0 fully saturated rings. The molecule has 0 spiro atoms. The van der Waals surface area contributed by atoms with Crippen molar-refractivity contribution in [3.63, 3.8) is 0 Å². The molecule has 0 saturated carbocycles. The minimum atomic E-state index is -0.628. The highest BCUT2D eigenvalue weighted by molar-refractivity contribution is 5.81. The van der Waals surface area contributed by atoms with E-state index in [0.29, 0.717) is 13.0 Å². The maximum Gasteiger partial charge on any atom is 0.407 e. The van der Waals surface area contributed by atoms with Crippen molar-refractivity contribution in [2.45, 2.75) is 78.2 Å². The van der Waals surface area contributed by atoms with Gasteiger partial charge in [-0.05, 0) is 18.8 Å². The Morgan fingerprint density at radius 3 is 2.14 bits per heavy atom. The second-order valence-electron chi connectivity index (χ2n) is 6.11. The van der Waals surface area contributed by atoms with Crippen LogP contribution in [0.25, 0.3) is 0 Å². The lowest BCUT2D eigenvalue weighted by Gasteiger charge is -2.18. The number of amides is 1. The zero-order chi connectivity index (χ0) is 16.8. The Balaban J connectivity index is 3.89. The minimum absolute atomic E-state index is 0.285. The van der Waals surface area contributed by atoms with Gasteiger partial charge >= 0.3 is 12.1 Å². The van der Waals surface area contributed by atoms with Crippen molar-refractivity contribution < 1.29 is 19.1 Å². The summed E-state index contributed by atoms with van der Waals surface area (Å²) in [5.74, 6) is -0.0849. The van der Waals surface area contributed by atoms with Crippen molar-refractivity contribution >= 4 is 12.1 Å². The zero-order valence-electron chi connectivity index (χ0n) is 14.7. The van der Waals surface area contributed by atoms with E-state index >= 15 is 0 Å². The summed E-state index contributed by atoms with van der Waals surface area (Å²) in [4.78, 5) is 23.3. The molecule has 0 radical (unpaired) electrons. The zero-order valence-corrected chi connectivity index (χ0v) is 14.7. The molecular formula is C17H33NO4. The van der Waals surface area contributed by atoms with E-state index < -0.39 is 12.1 Å². The van der Waals surface area contributed by atoms with Gasteiger partial charge < -0.3 is 14.8 Å². The summed E-state index contributed by atoms with van der Waals surface area (Å²) < 4.78 is 9.81. The molecule has 0 aromatic carbocycles. The first-order valence-corrected chi connectivity index (χ1v) is 8.52. The highest BCUT2D eigenvalue weighted by Crippen LogP contribution is 2.09. The largest absolute Gasteiger partial charge is 0.464 e. The smallest absolute Gasteiger partial charge is 0.407 e. The van der Waals surface area contributed by atoms with E-state index in [9.17, 15) is 9.59 Å². The number of rotatable bonds is 12. The highest BCUT2D eigenvalue weighted by atomic mass is 16.5. The fourth-order valence-corrected chi connectivity index (χ4v) is 2.22. The number of nitrogens with one attached hydrogen (secondary N) is 1. The van der Waals surface area contributed by atoms with Crippen LogP contribution < -0.4 is 5.32 Å². The van der Waals surface area contributed by atoms with E-state index in [1.54, 1.807) is 0 Å². The van der Waals surface area contributed by atoms with Crippen molar-refractivity contribution in [1.29, 1.82) is 0 Å². The summed E-state index contributed by atoms with van der Waals surface area (Å²) in [7, 11) is 1.28. The van der Waals surface area contributed by atoms with Crippen molar-refractivity contribution in [3.8, 4) is 0 Å². The third-order valence-corrected chi connectivity index (χ3v) is 3.46. The van der Waals surface area contributed by atoms with Gasteiger partial charge in [-0.15, -0.1) is 0 Å². The molecule has 1 N–H and O–H groups in total. The van der Waals surface area contributed by atoms with Gasteiger partial charge in [-0.25, -0.2) is 9.59 Å². The SMILES string of the molecule is CCCCCCCCCOC(=O)C(CC(C)C)NC(=O)OC. The molecule has 0 aliphatic carbocycles.